The molecular weight excluding hydrogens is 366 g/mol. The number of amides is 1. The third-order valence-electron chi connectivity index (χ3n) is 4.33. The van der Waals surface area contributed by atoms with Gasteiger partial charge in [-0.2, -0.15) is 5.10 Å². The van der Waals surface area contributed by atoms with Crippen LogP contribution in [0.1, 0.15) is 23.6 Å². The lowest BCUT2D eigenvalue weighted by atomic mass is 10.0. The fourth-order valence-electron chi connectivity index (χ4n) is 2.94. The van der Waals surface area contributed by atoms with Crippen molar-refractivity contribution in [1.82, 2.24) is 16.3 Å². The molecule has 0 radical (unpaired) electrons. The fraction of sp³-hybridized carbons (Fsp3) is 0.222. The molecule has 3 rings (SSSR count). The number of nitro benzene ring substituents is 1. The van der Waals surface area contributed by atoms with E-state index in [4.69, 9.17) is 4.74 Å². The number of hydrogen-bond acceptors (Lipinski definition) is 8. The SMILES string of the molecule is COc1c(O)ccc(/C=N/NC(=O)C2CC(c3ccccc3)NN2)c1[N+](=O)[O-]. The Labute approximate surface area is 160 Å². The van der Waals surface area contributed by atoms with Crippen molar-refractivity contribution in [3.63, 3.8) is 0 Å². The summed E-state index contributed by atoms with van der Waals surface area (Å²) >= 11 is 0. The predicted octanol–water partition coefficient (Wildman–Crippen LogP) is 1.37. The van der Waals surface area contributed by atoms with Crippen molar-refractivity contribution in [3.8, 4) is 11.5 Å². The molecule has 0 aromatic heterocycles. The molecule has 2 unspecified atom stereocenters. The molecule has 1 heterocycles. The second-order valence-corrected chi connectivity index (χ2v) is 6.09. The van der Waals surface area contributed by atoms with E-state index in [1.165, 1.54) is 19.2 Å². The van der Waals surface area contributed by atoms with Gasteiger partial charge in [0, 0.05) is 6.04 Å². The Bertz CT molecular complexity index is 903. The zero-order valence-corrected chi connectivity index (χ0v) is 15.0. The molecule has 0 spiro atoms. The first-order chi connectivity index (χ1) is 13.5. The highest BCUT2D eigenvalue weighted by Gasteiger charge is 2.30. The number of carbonyl (C=O) groups is 1. The summed E-state index contributed by atoms with van der Waals surface area (Å²) in [4.78, 5) is 22.9. The molecule has 0 bridgehead atoms. The first kappa shape index (κ1) is 19.3. The number of carbonyl (C=O) groups excluding carboxylic acids is 1. The van der Waals surface area contributed by atoms with Crippen LogP contribution in [0.3, 0.4) is 0 Å². The molecule has 0 saturated carbocycles. The number of aromatic hydroxyl groups is 1. The van der Waals surface area contributed by atoms with Crippen molar-refractivity contribution in [2.75, 3.05) is 7.11 Å². The molecule has 2 aromatic carbocycles. The Kier molecular flexibility index (Phi) is 5.82. The van der Waals surface area contributed by atoms with E-state index < -0.39 is 16.7 Å². The average Bonchev–Trinajstić information content (AvgIpc) is 3.19. The highest BCUT2D eigenvalue weighted by Crippen LogP contribution is 2.37. The van der Waals surface area contributed by atoms with Gasteiger partial charge in [0.15, 0.2) is 5.75 Å². The summed E-state index contributed by atoms with van der Waals surface area (Å²) in [6.07, 6.45) is 1.66. The minimum atomic E-state index is -0.686. The molecule has 1 saturated heterocycles. The smallest absolute Gasteiger partial charge is 0.323 e. The monoisotopic (exact) mass is 385 g/mol. The number of hydrazine groups is 1. The summed E-state index contributed by atoms with van der Waals surface area (Å²) in [7, 11) is 1.21. The van der Waals surface area contributed by atoms with E-state index in [2.05, 4.69) is 21.4 Å². The van der Waals surface area contributed by atoms with Crippen molar-refractivity contribution in [2.45, 2.75) is 18.5 Å². The van der Waals surface area contributed by atoms with Gasteiger partial charge in [-0.3, -0.25) is 14.9 Å². The third-order valence-corrected chi connectivity index (χ3v) is 4.33. The number of phenols is 1. The first-order valence-electron chi connectivity index (χ1n) is 8.44. The van der Waals surface area contributed by atoms with Gasteiger partial charge in [0.25, 0.3) is 5.91 Å². The molecule has 0 aliphatic carbocycles. The van der Waals surface area contributed by atoms with Crippen molar-refractivity contribution < 1.29 is 19.6 Å². The third kappa shape index (κ3) is 4.08. The van der Waals surface area contributed by atoms with Gasteiger partial charge in [0.2, 0.25) is 5.75 Å². The molecule has 2 aromatic rings. The van der Waals surface area contributed by atoms with E-state index >= 15 is 0 Å². The van der Waals surface area contributed by atoms with Crippen LogP contribution < -0.4 is 21.0 Å². The topological polar surface area (TPSA) is 138 Å². The number of hydrogen-bond donors (Lipinski definition) is 4. The van der Waals surface area contributed by atoms with Crippen LogP contribution >= 0.6 is 0 Å². The zero-order chi connectivity index (χ0) is 20.1. The van der Waals surface area contributed by atoms with Gasteiger partial charge in [-0.1, -0.05) is 30.3 Å². The molecule has 1 amide bonds. The summed E-state index contributed by atoms with van der Waals surface area (Å²) in [5, 5.41) is 24.8. The van der Waals surface area contributed by atoms with Gasteiger partial charge in [-0.15, -0.1) is 0 Å². The molecular formula is C18H19N5O5. The lowest BCUT2D eigenvalue weighted by Crippen LogP contribution is -2.41. The molecule has 4 N–H and O–H groups in total. The van der Waals surface area contributed by atoms with E-state index in [0.29, 0.717) is 6.42 Å². The van der Waals surface area contributed by atoms with Crippen LogP contribution in [0, 0.1) is 10.1 Å². The number of nitrogens with one attached hydrogen (secondary N) is 3. The summed E-state index contributed by atoms with van der Waals surface area (Å²) < 4.78 is 4.88. The Morgan fingerprint density at radius 1 is 1.32 bits per heavy atom. The molecule has 28 heavy (non-hydrogen) atoms. The second kappa shape index (κ2) is 8.46. The second-order valence-electron chi connectivity index (χ2n) is 6.09. The van der Waals surface area contributed by atoms with E-state index in [9.17, 15) is 20.0 Å². The normalized spacial score (nSPS) is 18.9. The van der Waals surface area contributed by atoms with E-state index in [1.807, 2.05) is 30.3 Å². The minimum Gasteiger partial charge on any atom is -0.504 e. The maximum Gasteiger partial charge on any atom is 0.323 e. The highest BCUT2D eigenvalue weighted by molar-refractivity contribution is 5.90. The van der Waals surface area contributed by atoms with Crippen LogP contribution in [-0.2, 0) is 4.79 Å². The molecule has 146 valence electrons. The highest BCUT2D eigenvalue weighted by atomic mass is 16.6. The summed E-state index contributed by atoms with van der Waals surface area (Å²) in [5.74, 6) is -1.01. The Morgan fingerprint density at radius 2 is 2.07 bits per heavy atom. The van der Waals surface area contributed by atoms with Gasteiger partial charge in [0.1, 0.15) is 6.04 Å². The van der Waals surface area contributed by atoms with Crippen molar-refractivity contribution in [3.05, 3.63) is 63.7 Å². The number of nitro groups is 1. The van der Waals surface area contributed by atoms with E-state index in [0.717, 1.165) is 11.8 Å². The van der Waals surface area contributed by atoms with Gasteiger partial charge < -0.3 is 9.84 Å². The minimum absolute atomic E-state index is 0.0108. The molecule has 1 fully saturated rings. The van der Waals surface area contributed by atoms with Crippen LogP contribution in [0.2, 0.25) is 0 Å². The van der Waals surface area contributed by atoms with Crippen LogP contribution in [-0.4, -0.2) is 35.3 Å². The van der Waals surface area contributed by atoms with Gasteiger partial charge in [0.05, 0.1) is 23.8 Å². The maximum absolute atomic E-state index is 12.3. The molecule has 1 aliphatic rings. The summed E-state index contributed by atoms with van der Waals surface area (Å²) in [5.41, 5.74) is 9.04. The molecule has 1 aliphatic heterocycles. The molecule has 10 heteroatoms. The molecule has 10 nitrogen and oxygen atoms in total. The fourth-order valence-corrected chi connectivity index (χ4v) is 2.94. The van der Waals surface area contributed by atoms with Crippen molar-refractivity contribution in [2.24, 2.45) is 5.10 Å². The van der Waals surface area contributed by atoms with Crippen LogP contribution in [0.4, 0.5) is 5.69 Å². The van der Waals surface area contributed by atoms with Crippen molar-refractivity contribution >= 4 is 17.8 Å². The number of rotatable bonds is 6. The van der Waals surface area contributed by atoms with E-state index in [-0.39, 0.29) is 29.0 Å². The number of benzene rings is 2. The lowest BCUT2D eigenvalue weighted by molar-refractivity contribution is -0.386. The molecule has 2 atom stereocenters. The number of ether oxygens (including phenoxy) is 1. The summed E-state index contributed by atoms with van der Waals surface area (Å²) in [6, 6.07) is 11.7. The van der Waals surface area contributed by atoms with Crippen LogP contribution in [0.15, 0.2) is 47.6 Å². The van der Waals surface area contributed by atoms with Gasteiger partial charge >= 0.3 is 5.69 Å². The van der Waals surface area contributed by atoms with Crippen LogP contribution in [0.5, 0.6) is 11.5 Å². The average molecular weight is 385 g/mol. The Balaban J connectivity index is 1.65. The standard InChI is InChI=1S/C18H19N5O5/c1-28-17-15(24)8-7-12(16(17)23(26)27)10-19-22-18(25)14-9-13(20-21-14)11-5-3-2-4-6-11/h2-8,10,13-14,20-21,24H,9H2,1H3,(H,22,25)/b19-10+. The Hall–Kier alpha value is -3.50. The van der Waals surface area contributed by atoms with Gasteiger partial charge in [-0.25, -0.2) is 16.3 Å². The summed E-state index contributed by atoms with van der Waals surface area (Å²) in [6.45, 7) is 0. The number of methoxy groups -OCH3 is 1. The largest absolute Gasteiger partial charge is 0.504 e. The van der Waals surface area contributed by atoms with E-state index in [1.54, 1.807) is 0 Å². The first-order valence-corrected chi connectivity index (χ1v) is 8.44. The van der Waals surface area contributed by atoms with Gasteiger partial charge in [-0.05, 0) is 24.1 Å². The quantitative estimate of drug-likeness (QED) is 0.335. The maximum atomic E-state index is 12.3. The number of hydrazone groups is 1. The Morgan fingerprint density at radius 3 is 2.75 bits per heavy atom. The zero-order valence-electron chi connectivity index (χ0n) is 15.0. The predicted molar refractivity (Wildman–Crippen MR) is 101 cm³/mol. The van der Waals surface area contributed by atoms with Crippen LogP contribution in [0.25, 0.3) is 0 Å². The lowest BCUT2D eigenvalue weighted by Gasteiger charge is -2.09. The van der Waals surface area contributed by atoms with Crippen molar-refractivity contribution in [1.29, 1.82) is 0 Å². The number of nitrogens with zero attached hydrogens (tertiary/aromatic N) is 2. The number of phenolic OH excluding ortho intramolecular Hbond substituents is 1.